The lowest BCUT2D eigenvalue weighted by molar-refractivity contribution is 0.0519. The maximum absolute atomic E-state index is 12.2. The van der Waals surface area contributed by atoms with Gasteiger partial charge in [0.05, 0.1) is 6.61 Å². The number of esters is 1. The number of carbonyl (C=O) groups is 1. The average molecular weight is 332 g/mol. The Kier molecular flexibility index (Phi) is 6.39. The molecule has 1 aliphatic rings. The largest absolute Gasteiger partial charge is 0.461 e. The maximum atomic E-state index is 12.2. The van der Waals surface area contributed by atoms with E-state index in [2.05, 4.69) is 36.5 Å². The maximum Gasteiger partial charge on any atom is 0.357 e. The van der Waals surface area contributed by atoms with Gasteiger partial charge in [0.25, 0.3) is 0 Å². The van der Waals surface area contributed by atoms with E-state index in [9.17, 15) is 4.79 Å². The molecule has 0 unspecified atom stereocenters. The zero-order valence-electron chi connectivity index (χ0n) is 14.0. The third kappa shape index (κ3) is 4.67. The first kappa shape index (κ1) is 17.7. The number of rotatable bonds is 7. The number of carbonyl (C=O) groups excluding carboxylic acids is 1. The first-order valence-corrected chi connectivity index (χ1v) is 8.74. The van der Waals surface area contributed by atoms with Crippen LogP contribution in [0.3, 0.4) is 0 Å². The standard InChI is InChI=1S/C18H24N2O2S/c1-4-14(10-19-12(3)15-6-7-15)16-8-13(11-23)9-20-17(16)18(21)22-5-2/h8-10,15,23H,4-7,11H2,1-3H3/b14-10+,19-12+. The van der Waals surface area contributed by atoms with E-state index in [0.29, 0.717) is 24.0 Å². The summed E-state index contributed by atoms with van der Waals surface area (Å²) in [6, 6.07) is 1.96. The van der Waals surface area contributed by atoms with E-state index >= 15 is 0 Å². The van der Waals surface area contributed by atoms with Crippen LogP contribution < -0.4 is 0 Å². The minimum absolute atomic E-state index is 0.332. The molecule has 124 valence electrons. The van der Waals surface area contributed by atoms with Gasteiger partial charge in [0.1, 0.15) is 0 Å². The molecule has 4 nitrogen and oxygen atoms in total. The van der Waals surface area contributed by atoms with Crippen LogP contribution in [0.4, 0.5) is 0 Å². The zero-order valence-corrected chi connectivity index (χ0v) is 14.9. The minimum atomic E-state index is -0.393. The van der Waals surface area contributed by atoms with Crippen molar-refractivity contribution in [2.24, 2.45) is 10.9 Å². The van der Waals surface area contributed by atoms with Crippen LogP contribution in [0.2, 0.25) is 0 Å². The lowest BCUT2D eigenvalue weighted by atomic mass is 10.0. The molecule has 0 saturated heterocycles. The average Bonchev–Trinajstić information content (AvgIpc) is 3.40. The van der Waals surface area contributed by atoms with Crippen LogP contribution in [0.5, 0.6) is 0 Å². The minimum Gasteiger partial charge on any atom is -0.461 e. The molecule has 5 heteroatoms. The van der Waals surface area contributed by atoms with Gasteiger partial charge in [-0.15, -0.1) is 0 Å². The van der Waals surface area contributed by atoms with Crippen molar-refractivity contribution in [3.8, 4) is 0 Å². The van der Waals surface area contributed by atoms with Crippen LogP contribution >= 0.6 is 12.6 Å². The van der Waals surface area contributed by atoms with E-state index in [0.717, 1.165) is 28.8 Å². The van der Waals surface area contributed by atoms with Crippen LogP contribution in [0.25, 0.3) is 5.57 Å². The Morgan fingerprint density at radius 3 is 2.78 bits per heavy atom. The molecule has 0 aliphatic heterocycles. The van der Waals surface area contributed by atoms with Crippen molar-refractivity contribution < 1.29 is 9.53 Å². The summed E-state index contributed by atoms with van der Waals surface area (Å²) >= 11 is 4.30. The summed E-state index contributed by atoms with van der Waals surface area (Å²) in [5.74, 6) is 0.816. The van der Waals surface area contributed by atoms with Crippen LogP contribution in [0.1, 0.15) is 61.6 Å². The van der Waals surface area contributed by atoms with E-state index < -0.39 is 5.97 Å². The number of ether oxygens (including phenoxy) is 1. The molecule has 0 amide bonds. The Morgan fingerprint density at radius 2 is 2.22 bits per heavy atom. The Labute approximate surface area is 143 Å². The molecule has 0 radical (unpaired) electrons. The van der Waals surface area contributed by atoms with Crippen molar-refractivity contribution in [3.05, 3.63) is 35.3 Å². The Hall–Kier alpha value is -1.62. The molecular weight excluding hydrogens is 308 g/mol. The topological polar surface area (TPSA) is 51.5 Å². The van der Waals surface area contributed by atoms with Gasteiger partial charge in [-0.2, -0.15) is 12.6 Å². The number of aromatic nitrogens is 1. The summed E-state index contributed by atoms with van der Waals surface area (Å²) in [6.45, 7) is 6.24. The Balaban J connectivity index is 2.41. The van der Waals surface area contributed by atoms with Crippen molar-refractivity contribution >= 4 is 29.9 Å². The number of pyridine rings is 1. The highest BCUT2D eigenvalue weighted by Gasteiger charge is 2.24. The highest BCUT2D eigenvalue weighted by molar-refractivity contribution is 7.79. The van der Waals surface area contributed by atoms with Gasteiger partial charge in [-0.05, 0) is 56.2 Å². The third-order valence-electron chi connectivity index (χ3n) is 3.91. The smallest absolute Gasteiger partial charge is 0.357 e. The van der Waals surface area contributed by atoms with Gasteiger partial charge < -0.3 is 4.74 Å². The number of nitrogens with zero attached hydrogens (tertiary/aromatic N) is 2. The lowest BCUT2D eigenvalue weighted by Crippen LogP contribution is -2.11. The molecule has 1 saturated carbocycles. The Bertz CT molecular complexity index is 634. The Morgan fingerprint density at radius 1 is 1.48 bits per heavy atom. The van der Waals surface area contributed by atoms with Gasteiger partial charge in [0, 0.05) is 29.4 Å². The van der Waals surface area contributed by atoms with Gasteiger partial charge in [-0.25, -0.2) is 9.78 Å². The van der Waals surface area contributed by atoms with Gasteiger partial charge in [-0.1, -0.05) is 6.92 Å². The fraction of sp³-hybridized carbons (Fsp3) is 0.500. The molecule has 0 aromatic carbocycles. The summed E-state index contributed by atoms with van der Waals surface area (Å²) < 4.78 is 5.13. The molecule has 1 fully saturated rings. The molecule has 23 heavy (non-hydrogen) atoms. The lowest BCUT2D eigenvalue weighted by Gasteiger charge is -2.11. The van der Waals surface area contributed by atoms with Crippen molar-refractivity contribution in [2.45, 2.75) is 45.8 Å². The molecule has 0 N–H and O–H groups in total. The van der Waals surface area contributed by atoms with Crippen molar-refractivity contribution in [2.75, 3.05) is 6.61 Å². The molecular formula is C18H24N2O2S. The van der Waals surface area contributed by atoms with E-state index in [4.69, 9.17) is 4.74 Å². The third-order valence-corrected chi connectivity index (χ3v) is 4.28. The van der Waals surface area contributed by atoms with Crippen LogP contribution in [0, 0.1) is 5.92 Å². The predicted molar refractivity (Wildman–Crippen MR) is 97.0 cm³/mol. The van der Waals surface area contributed by atoms with E-state index in [1.807, 2.05) is 12.3 Å². The fourth-order valence-corrected chi connectivity index (χ4v) is 2.51. The van der Waals surface area contributed by atoms with Gasteiger partial charge in [0.2, 0.25) is 0 Å². The van der Waals surface area contributed by atoms with Crippen molar-refractivity contribution in [1.82, 2.24) is 4.98 Å². The number of aliphatic imine (C=N–C) groups is 1. The van der Waals surface area contributed by atoms with E-state index in [1.54, 1.807) is 13.1 Å². The summed E-state index contributed by atoms with van der Waals surface area (Å²) in [5, 5.41) is 0. The van der Waals surface area contributed by atoms with Crippen LogP contribution in [-0.4, -0.2) is 23.3 Å². The van der Waals surface area contributed by atoms with Crippen molar-refractivity contribution in [3.63, 3.8) is 0 Å². The summed E-state index contributed by atoms with van der Waals surface area (Å²) in [6.07, 6.45) is 6.78. The molecule has 0 atom stereocenters. The SMILES string of the molecule is CCOC(=O)c1ncc(CS)cc1/C(=C/N=C(\C)C1CC1)CC. The molecule has 1 aromatic rings. The number of hydrogen-bond acceptors (Lipinski definition) is 5. The molecule has 1 heterocycles. The fourth-order valence-electron chi connectivity index (χ4n) is 2.34. The van der Waals surface area contributed by atoms with Gasteiger partial charge >= 0.3 is 5.97 Å². The molecule has 0 spiro atoms. The second-order valence-corrected chi connectivity index (χ2v) is 5.99. The molecule has 0 bridgehead atoms. The first-order valence-electron chi connectivity index (χ1n) is 8.11. The predicted octanol–water partition coefficient (Wildman–Crippen LogP) is 4.31. The summed E-state index contributed by atoms with van der Waals surface area (Å²) in [4.78, 5) is 21.1. The highest BCUT2D eigenvalue weighted by atomic mass is 32.1. The second-order valence-electron chi connectivity index (χ2n) is 5.67. The van der Waals surface area contributed by atoms with Crippen LogP contribution in [-0.2, 0) is 10.5 Å². The highest BCUT2D eigenvalue weighted by Crippen LogP contribution is 2.31. The number of allylic oxidation sites excluding steroid dienone is 1. The van der Waals surface area contributed by atoms with E-state index in [1.165, 1.54) is 12.8 Å². The monoisotopic (exact) mass is 332 g/mol. The van der Waals surface area contributed by atoms with Crippen LogP contribution in [0.15, 0.2) is 23.5 Å². The van der Waals surface area contributed by atoms with Gasteiger partial charge in [-0.3, -0.25) is 4.99 Å². The molecule has 1 aromatic heterocycles. The van der Waals surface area contributed by atoms with Crippen molar-refractivity contribution in [1.29, 1.82) is 0 Å². The second kappa shape index (κ2) is 8.29. The number of hydrogen-bond donors (Lipinski definition) is 1. The van der Waals surface area contributed by atoms with E-state index in [-0.39, 0.29) is 0 Å². The first-order chi connectivity index (χ1) is 11.1. The van der Waals surface area contributed by atoms with Gasteiger partial charge in [0.15, 0.2) is 5.69 Å². The quantitative estimate of drug-likeness (QED) is 0.460. The number of thiol groups is 1. The zero-order chi connectivity index (χ0) is 16.8. The summed E-state index contributed by atoms with van der Waals surface area (Å²) in [7, 11) is 0. The summed E-state index contributed by atoms with van der Waals surface area (Å²) in [5.41, 5.74) is 4.27. The molecule has 2 rings (SSSR count). The molecule has 1 aliphatic carbocycles. The normalized spacial score (nSPS) is 15.7.